The number of nitrogens with zero attached hydrogens (tertiary/aromatic N) is 3. The number of rotatable bonds is 7. The monoisotopic (exact) mass is 474 g/mol. The van der Waals surface area contributed by atoms with Gasteiger partial charge in [0.05, 0.1) is 18.2 Å². The molecule has 3 N–H and O–H groups in total. The molecule has 0 bridgehead atoms. The molecule has 0 saturated carbocycles. The standard InChI is InChI=1S/C24H22N6O3S/c1-16(31)25-19(20-13-8-14-34-20)15-21(32)27-28-24(33)22-26-23(17-9-4-2-5-10-17)30(29-22)18-11-6-3-7-12-18/h2-14,19H,15H2,1H3,(H,25,31)(H,27,32)(H,28,33). The number of nitrogens with one attached hydrogen (secondary N) is 3. The lowest BCUT2D eigenvalue weighted by atomic mass is 10.1. The normalized spacial score (nSPS) is 11.4. The van der Waals surface area contributed by atoms with Crippen LogP contribution >= 0.6 is 11.3 Å². The molecule has 172 valence electrons. The van der Waals surface area contributed by atoms with E-state index < -0.39 is 17.9 Å². The van der Waals surface area contributed by atoms with Crippen LogP contribution in [0.4, 0.5) is 0 Å². The van der Waals surface area contributed by atoms with E-state index in [4.69, 9.17) is 0 Å². The number of hydrazine groups is 1. The molecule has 1 unspecified atom stereocenters. The van der Waals surface area contributed by atoms with Gasteiger partial charge in [0.25, 0.3) is 0 Å². The van der Waals surface area contributed by atoms with Crippen molar-refractivity contribution in [2.75, 3.05) is 0 Å². The van der Waals surface area contributed by atoms with Crippen molar-refractivity contribution in [3.05, 3.63) is 88.9 Å². The summed E-state index contributed by atoms with van der Waals surface area (Å²) in [5, 5.41) is 8.98. The third-order valence-corrected chi connectivity index (χ3v) is 5.80. The molecular weight excluding hydrogens is 452 g/mol. The molecule has 0 aliphatic heterocycles. The first-order valence-electron chi connectivity index (χ1n) is 10.5. The van der Waals surface area contributed by atoms with Gasteiger partial charge in [0.1, 0.15) is 0 Å². The summed E-state index contributed by atoms with van der Waals surface area (Å²) >= 11 is 1.43. The number of aromatic nitrogens is 3. The number of thiophene rings is 1. The summed E-state index contributed by atoms with van der Waals surface area (Å²) in [6, 6.07) is 21.9. The number of hydrogen-bond acceptors (Lipinski definition) is 6. The first-order valence-corrected chi connectivity index (χ1v) is 11.4. The van der Waals surface area contributed by atoms with Crippen molar-refractivity contribution >= 4 is 29.1 Å². The van der Waals surface area contributed by atoms with Crippen molar-refractivity contribution in [2.45, 2.75) is 19.4 Å². The second-order valence-corrected chi connectivity index (χ2v) is 8.33. The molecule has 34 heavy (non-hydrogen) atoms. The van der Waals surface area contributed by atoms with Crippen molar-refractivity contribution < 1.29 is 14.4 Å². The highest BCUT2D eigenvalue weighted by Gasteiger charge is 2.21. The fraction of sp³-hybridized carbons (Fsp3) is 0.125. The lowest BCUT2D eigenvalue weighted by molar-refractivity contribution is -0.123. The van der Waals surface area contributed by atoms with Crippen LogP contribution in [-0.2, 0) is 9.59 Å². The molecule has 3 amide bonds. The van der Waals surface area contributed by atoms with Gasteiger partial charge in [0, 0.05) is 17.4 Å². The smallest absolute Gasteiger partial charge is 0.309 e. The minimum atomic E-state index is -0.660. The van der Waals surface area contributed by atoms with E-state index in [0.717, 1.165) is 16.1 Å². The summed E-state index contributed by atoms with van der Waals surface area (Å²) in [6.07, 6.45) is -0.0402. The van der Waals surface area contributed by atoms with Gasteiger partial charge in [0.2, 0.25) is 17.6 Å². The molecule has 10 heteroatoms. The summed E-state index contributed by atoms with van der Waals surface area (Å²) in [5.74, 6) is -0.982. The highest BCUT2D eigenvalue weighted by atomic mass is 32.1. The first kappa shape index (κ1) is 22.9. The zero-order valence-corrected chi connectivity index (χ0v) is 19.1. The van der Waals surface area contributed by atoms with E-state index in [9.17, 15) is 14.4 Å². The molecular formula is C24H22N6O3S. The maximum Gasteiger partial charge on any atom is 0.309 e. The largest absolute Gasteiger partial charge is 0.348 e. The third-order valence-electron chi connectivity index (χ3n) is 4.81. The minimum absolute atomic E-state index is 0.0402. The molecule has 0 saturated heterocycles. The number of hydrogen-bond donors (Lipinski definition) is 3. The van der Waals surface area contributed by atoms with Crippen molar-refractivity contribution in [3.63, 3.8) is 0 Å². The Morgan fingerprint density at radius 2 is 1.65 bits per heavy atom. The van der Waals surface area contributed by atoms with E-state index >= 15 is 0 Å². The van der Waals surface area contributed by atoms with E-state index in [1.165, 1.54) is 18.3 Å². The second kappa shape index (κ2) is 10.5. The molecule has 0 aliphatic rings. The highest BCUT2D eigenvalue weighted by molar-refractivity contribution is 7.10. The van der Waals surface area contributed by atoms with Gasteiger partial charge in [-0.1, -0.05) is 54.6 Å². The van der Waals surface area contributed by atoms with Gasteiger partial charge in [-0.2, -0.15) is 0 Å². The van der Waals surface area contributed by atoms with Gasteiger partial charge in [-0.15, -0.1) is 16.4 Å². The van der Waals surface area contributed by atoms with Crippen molar-refractivity contribution in [3.8, 4) is 17.1 Å². The van der Waals surface area contributed by atoms with E-state index in [2.05, 4.69) is 26.3 Å². The van der Waals surface area contributed by atoms with Crippen LogP contribution in [0.1, 0.15) is 34.9 Å². The van der Waals surface area contributed by atoms with Crippen molar-refractivity contribution in [1.82, 2.24) is 30.9 Å². The zero-order chi connectivity index (χ0) is 23.9. The molecule has 9 nitrogen and oxygen atoms in total. The molecule has 2 heterocycles. The summed E-state index contributed by atoms with van der Waals surface area (Å²) in [6.45, 7) is 1.39. The fourth-order valence-corrected chi connectivity index (χ4v) is 4.09. The Labute approximate surface area is 199 Å². The average molecular weight is 475 g/mol. The van der Waals surface area contributed by atoms with Gasteiger partial charge >= 0.3 is 5.91 Å². The Bertz CT molecular complexity index is 1220. The fourth-order valence-electron chi connectivity index (χ4n) is 3.31. The maximum absolute atomic E-state index is 12.7. The van der Waals surface area contributed by atoms with E-state index in [1.54, 1.807) is 4.68 Å². The van der Waals surface area contributed by atoms with E-state index in [1.807, 2.05) is 78.2 Å². The van der Waals surface area contributed by atoms with Gasteiger partial charge in [0.15, 0.2) is 5.82 Å². The Morgan fingerprint density at radius 3 is 2.29 bits per heavy atom. The molecule has 0 aliphatic carbocycles. The molecule has 4 aromatic rings. The molecule has 1 atom stereocenters. The van der Waals surface area contributed by atoms with Crippen LogP contribution in [0.2, 0.25) is 0 Å². The lowest BCUT2D eigenvalue weighted by Crippen LogP contribution is -2.43. The summed E-state index contributed by atoms with van der Waals surface area (Å²) in [5.41, 5.74) is 6.27. The van der Waals surface area contributed by atoms with Gasteiger partial charge < -0.3 is 5.32 Å². The van der Waals surface area contributed by atoms with Crippen LogP contribution in [0, 0.1) is 0 Å². The number of amides is 3. The summed E-state index contributed by atoms with van der Waals surface area (Å²) in [7, 11) is 0. The second-order valence-electron chi connectivity index (χ2n) is 7.35. The molecule has 0 spiro atoms. The van der Waals surface area contributed by atoms with Crippen LogP contribution in [0.5, 0.6) is 0 Å². The van der Waals surface area contributed by atoms with Crippen LogP contribution in [0.15, 0.2) is 78.2 Å². The molecule has 4 rings (SSSR count). The Hall–Kier alpha value is -4.31. The maximum atomic E-state index is 12.7. The Balaban J connectivity index is 1.48. The highest BCUT2D eigenvalue weighted by Crippen LogP contribution is 2.22. The summed E-state index contributed by atoms with van der Waals surface area (Å²) in [4.78, 5) is 42.0. The van der Waals surface area contributed by atoms with E-state index in [0.29, 0.717) is 5.82 Å². The SMILES string of the molecule is CC(=O)NC(CC(=O)NNC(=O)c1nc(-c2ccccc2)n(-c2ccccc2)n1)c1cccs1. The number of carbonyl (C=O) groups excluding carboxylic acids is 3. The average Bonchev–Trinajstić information content (AvgIpc) is 3.54. The molecule has 0 fully saturated rings. The summed E-state index contributed by atoms with van der Waals surface area (Å²) < 4.78 is 1.58. The van der Waals surface area contributed by atoms with Crippen LogP contribution in [0.3, 0.4) is 0 Å². The first-order chi connectivity index (χ1) is 16.5. The van der Waals surface area contributed by atoms with Crippen LogP contribution in [-0.4, -0.2) is 32.5 Å². The quantitative estimate of drug-likeness (QED) is 0.356. The van der Waals surface area contributed by atoms with Gasteiger partial charge in [-0.05, 0) is 23.6 Å². The topological polar surface area (TPSA) is 118 Å². The van der Waals surface area contributed by atoms with Crippen molar-refractivity contribution in [2.24, 2.45) is 0 Å². The van der Waals surface area contributed by atoms with E-state index in [-0.39, 0.29) is 18.2 Å². The van der Waals surface area contributed by atoms with Crippen LogP contribution in [0.25, 0.3) is 17.1 Å². The molecule has 2 aromatic heterocycles. The third kappa shape index (κ3) is 5.54. The number of benzene rings is 2. The molecule has 2 aromatic carbocycles. The van der Waals surface area contributed by atoms with Gasteiger partial charge in [-0.25, -0.2) is 9.67 Å². The van der Waals surface area contributed by atoms with Crippen LogP contribution < -0.4 is 16.2 Å². The van der Waals surface area contributed by atoms with Crippen molar-refractivity contribution in [1.29, 1.82) is 0 Å². The lowest BCUT2D eigenvalue weighted by Gasteiger charge is -2.16. The number of carbonyl (C=O) groups is 3. The predicted octanol–water partition coefficient (Wildman–Crippen LogP) is 3.02. The molecule has 0 radical (unpaired) electrons. The predicted molar refractivity (Wildman–Crippen MR) is 128 cm³/mol. The Kier molecular flexibility index (Phi) is 7.09. The minimum Gasteiger partial charge on any atom is -0.348 e. The van der Waals surface area contributed by atoms with Gasteiger partial charge in [-0.3, -0.25) is 25.2 Å². The number of para-hydroxylation sites is 1. The zero-order valence-electron chi connectivity index (χ0n) is 18.3. The Morgan fingerprint density at radius 1 is 0.941 bits per heavy atom.